The molecule has 1 aliphatic rings. The SMILES string of the molecule is C[C@@H]1CCCN(CC(C)(C)O)C1. The van der Waals surface area contributed by atoms with Crippen molar-refractivity contribution in [1.29, 1.82) is 0 Å². The van der Waals surface area contributed by atoms with Crippen LogP contribution in [0.5, 0.6) is 0 Å². The number of likely N-dealkylation sites (tertiary alicyclic amines) is 1. The van der Waals surface area contributed by atoms with Crippen LogP contribution in [-0.4, -0.2) is 35.2 Å². The van der Waals surface area contributed by atoms with Gasteiger partial charge in [-0.25, -0.2) is 0 Å². The Hall–Kier alpha value is -0.0800. The summed E-state index contributed by atoms with van der Waals surface area (Å²) in [5.41, 5.74) is -0.531. The highest BCUT2D eigenvalue weighted by Crippen LogP contribution is 2.17. The minimum absolute atomic E-state index is 0.531. The van der Waals surface area contributed by atoms with Crippen LogP contribution in [0.2, 0.25) is 0 Å². The van der Waals surface area contributed by atoms with Gasteiger partial charge in [0.1, 0.15) is 0 Å². The van der Waals surface area contributed by atoms with E-state index in [1.165, 1.54) is 12.8 Å². The lowest BCUT2D eigenvalue weighted by molar-refractivity contribution is 0.0231. The summed E-state index contributed by atoms with van der Waals surface area (Å²) in [6.45, 7) is 9.19. The number of piperidine rings is 1. The van der Waals surface area contributed by atoms with E-state index in [1.807, 2.05) is 13.8 Å². The quantitative estimate of drug-likeness (QED) is 0.680. The van der Waals surface area contributed by atoms with Gasteiger partial charge in [-0.15, -0.1) is 0 Å². The normalized spacial score (nSPS) is 27.5. The van der Waals surface area contributed by atoms with Crippen molar-refractivity contribution in [3.63, 3.8) is 0 Å². The van der Waals surface area contributed by atoms with Crippen LogP contribution >= 0.6 is 0 Å². The second-order valence-corrected chi connectivity index (χ2v) is 4.79. The number of hydrogen-bond acceptors (Lipinski definition) is 2. The molecule has 72 valence electrons. The van der Waals surface area contributed by atoms with E-state index in [2.05, 4.69) is 11.8 Å². The standard InChI is InChI=1S/C10H21NO/c1-9-5-4-6-11(7-9)8-10(2,3)12/h9,12H,4-8H2,1-3H3/t9-/m1/s1. The Kier molecular flexibility index (Phi) is 3.13. The molecule has 0 aromatic carbocycles. The minimum atomic E-state index is -0.531. The van der Waals surface area contributed by atoms with Crippen molar-refractivity contribution in [2.45, 2.75) is 39.2 Å². The Morgan fingerprint density at radius 3 is 2.67 bits per heavy atom. The number of β-amino-alcohol motifs (C(OH)–C–C–N with tert-alkyl or cyclic N) is 1. The highest BCUT2D eigenvalue weighted by Gasteiger charge is 2.22. The van der Waals surface area contributed by atoms with Gasteiger partial charge in [-0.3, -0.25) is 0 Å². The van der Waals surface area contributed by atoms with Crippen LogP contribution in [0.1, 0.15) is 33.6 Å². The van der Waals surface area contributed by atoms with E-state index in [-0.39, 0.29) is 0 Å². The van der Waals surface area contributed by atoms with Crippen LogP contribution in [0.4, 0.5) is 0 Å². The Morgan fingerprint density at radius 2 is 2.17 bits per heavy atom. The first-order chi connectivity index (χ1) is 5.47. The number of nitrogens with zero attached hydrogens (tertiary/aromatic N) is 1. The van der Waals surface area contributed by atoms with Gasteiger partial charge in [-0.2, -0.15) is 0 Å². The topological polar surface area (TPSA) is 23.5 Å². The first kappa shape index (κ1) is 10.0. The lowest BCUT2D eigenvalue weighted by Crippen LogP contribution is -2.43. The van der Waals surface area contributed by atoms with E-state index in [4.69, 9.17) is 0 Å². The van der Waals surface area contributed by atoms with Crippen molar-refractivity contribution in [3.05, 3.63) is 0 Å². The van der Waals surface area contributed by atoms with Gasteiger partial charge in [0.25, 0.3) is 0 Å². The van der Waals surface area contributed by atoms with Crippen LogP contribution in [0.15, 0.2) is 0 Å². The van der Waals surface area contributed by atoms with Crippen molar-refractivity contribution in [2.24, 2.45) is 5.92 Å². The fourth-order valence-electron chi connectivity index (χ4n) is 1.98. The Labute approximate surface area is 75.6 Å². The fraction of sp³-hybridized carbons (Fsp3) is 1.00. The van der Waals surface area contributed by atoms with Gasteiger partial charge in [0.15, 0.2) is 0 Å². The molecule has 1 fully saturated rings. The van der Waals surface area contributed by atoms with Crippen LogP contribution < -0.4 is 0 Å². The molecule has 0 amide bonds. The summed E-state index contributed by atoms with van der Waals surface area (Å²) in [5, 5.41) is 9.61. The van der Waals surface area contributed by atoms with Crippen LogP contribution in [0.25, 0.3) is 0 Å². The summed E-state index contributed by atoms with van der Waals surface area (Å²) in [6, 6.07) is 0. The van der Waals surface area contributed by atoms with Crippen molar-refractivity contribution >= 4 is 0 Å². The fourth-order valence-corrected chi connectivity index (χ4v) is 1.98. The predicted octanol–water partition coefficient (Wildman–Crippen LogP) is 1.49. The average Bonchev–Trinajstić information content (AvgIpc) is 1.82. The molecular formula is C10H21NO. The summed E-state index contributed by atoms with van der Waals surface area (Å²) >= 11 is 0. The molecule has 0 saturated carbocycles. The van der Waals surface area contributed by atoms with Gasteiger partial charge in [-0.1, -0.05) is 6.92 Å². The highest BCUT2D eigenvalue weighted by atomic mass is 16.3. The van der Waals surface area contributed by atoms with Gasteiger partial charge < -0.3 is 10.0 Å². The summed E-state index contributed by atoms with van der Waals surface area (Å²) in [6.07, 6.45) is 2.64. The van der Waals surface area contributed by atoms with Gasteiger partial charge >= 0.3 is 0 Å². The van der Waals surface area contributed by atoms with Gasteiger partial charge in [-0.05, 0) is 39.2 Å². The lowest BCUT2D eigenvalue weighted by atomic mass is 9.98. The van der Waals surface area contributed by atoms with Gasteiger partial charge in [0, 0.05) is 13.1 Å². The second-order valence-electron chi connectivity index (χ2n) is 4.79. The largest absolute Gasteiger partial charge is 0.389 e. The molecule has 0 spiro atoms. The van der Waals surface area contributed by atoms with Crippen molar-refractivity contribution in [2.75, 3.05) is 19.6 Å². The molecule has 12 heavy (non-hydrogen) atoms. The molecule has 0 aromatic rings. The van der Waals surface area contributed by atoms with Crippen molar-refractivity contribution in [1.82, 2.24) is 4.90 Å². The van der Waals surface area contributed by atoms with E-state index in [9.17, 15) is 5.11 Å². The first-order valence-electron chi connectivity index (χ1n) is 4.92. The third-order valence-electron chi connectivity index (χ3n) is 2.35. The average molecular weight is 171 g/mol. The molecule has 1 rings (SSSR count). The first-order valence-corrected chi connectivity index (χ1v) is 4.92. The van der Waals surface area contributed by atoms with Crippen LogP contribution in [0, 0.1) is 5.92 Å². The molecule has 0 unspecified atom stereocenters. The van der Waals surface area contributed by atoms with E-state index < -0.39 is 5.60 Å². The zero-order valence-corrected chi connectivity index (χ0v) is 8.51. The van der Waals surface area contributed by atoms with Crippen LogP contribution in [-0.2, 0) is 0 Å². The Balaban J connectivity index is 2.32. The summed E-state index contributed by atoms with van der Waals surface area (Å²) in [5.74, 6) is 0.807. The molecule has 2 nitrogen and oxygen atoms in total. The van der Waals surface area contributed by atoms with E-state index in [0.717, 1.165) is 25.6 Å². The molecule has 1 heterocycles. The maximum Gasteiger partial charge on any atom is 0.0718 e. The number of rotatable bonds is 2. The molecule has 1 aliphatic heterocycles. The summed E-state index contributed by atoms with van der Waals surface area (Å²) in [4.78, 5) is 2.37. The smallest absolute Gasteiger partial charge is 0.0718 e. The zero-order chi connectivity index (χ0) is 9.19. The van der Waals surface area contributed by atoms with Crippen molar-refractivity contribution in [3.8, 4) is 0 Å². The summed E-state index contributed by atoms with van der Waals surface area (Å²) in [7, 11) is 0. The number of hydrogen-bond donors (Lipinski definition) is 1. The van der Waals surface area contributed by atoms with Crippen LogP contribution in [0.3, 0.4) is 0 Å². The monoisotopic (exact) mass is 171 g/mol. The highest BCUT2D eigenvalue weighted by molar-refractivity contribution is 4.76. The maximum absolute atomic E-state index is 9.61. The van der Waals surface area contributed by atoms with E-state index >= 15 is 0 Å². The van der Waals surface area contributed by atoms with Crippen molar-refractivity contribution < 1.29 is 5.11 Å². The third kappa shape index (κ3) is 3.55. The van der Waals surface area contributed by atoms with E-state index in [1.54, 1.807) is 0 Å². The molecule has 0 radical (unpaired) electrons. The Morgan fingerprint density at radius 1 is 1.50 bits per heavy atom. The second kappa shape index (κ2) is 3.75. The molecular weight excluding hydrogens is 150 g/mol. The molecule has 0 aromatic heterocycles. The molecule has 1 atom stereocenters. The predicted molar refractivity (Wildman–Crippen MR) is 51.1 cm³/mol. The minimum Gasteiger partial charge on any atom is -0.389 e. The molecule has 1 saturated heterocycles. The molecule has 0 bridgehead atoms. The molecule has 1 N–H and O–H groups in total. The van der Waals surface area contributed by atoms with Gasteiger partial charge in [0.05, 0.1) is 5.60 Å². The molecule has 0 aliphatic carbocycles. The Bertz CT molecular complexity index is 139. The van der Waals surface area contributed by atoms with E-state index in [0.29, 0.717) is 0 Å². The maximum atomic E-state index is 9.61. The summed E-state index contributed by atoms with van der Waals surface area (Å²) < 4.78 is 0. The zero-order valence-electron chi connectivity index (χ0n) is 8.51. The lowest BCUT2D eigenvalue weighted by Gasteiger charge is -2.34. The molecule has 2 heteroatoms. The number of aliphatic hydroxyl groups is 1. The third-order valence-corrected chi connectivity index (χ3v) is 2.35. The van der Waals surface area contributed by atoms with Gasteiger partial charge in [0.2, 0.25) is 0 Å².